The fraction of sp³-hybridized carbons (Fsp3) is 0.294. The zero-order valence-corrected chi connectivity index (χ0v) is 15.0. The van der Waals surface area contributed by atoms with Crippen LogP contribution in [-0.2, 0) is 4.74 Å². The summed E-state index contributed by atoms with van der Waals surface area (Å²) in [7, 11) is 0. The van der Waals surface area contributed by atoms with Crippen LogP contribution in [0.2, 0.25) is 5.02 Å². The van der Waals surface area contributed by atoms with Gasteiger partial charge < -0.3 is 9.26 Å². The van der Waals surface area contributed by atoms with Crippen LogP contribution in [0.4, 0.5) is 0 Å². The molecule has 0 atom stereocenters. The highest BCUT2D eigenvalue weighted by Gasteiger charge is 2.38. The number of ketones is 1. The highest BCUT2D eigenvalue weighted by molar-refractivity contribution is 6.35. The van der Waals surface area contributed by atoms with Gasteiger partial charge in [0.25, 0.3) is 0 Å². The van der Waals surface area contributed by atoms with E-state index in [4.69, 9.17) is 20.9 Å². The van der Waals surface area contributed by atoms with Crippen molar-refractivity contribution in [1.29, 1.82) is 0 Å². The molecular formula is C17H14ClN5O4. The summed E-state index contributed by atoms with van der Waals surface area (Å²) in [6, 6.07) is 4.78. The molecule has 0 saturated heterocycles. The molecule has 10 heteroatoms. The Morgan fingerprint density at radius 2 is 2.19 bits per heavy atom. The maximum absolute atomic E-state index is 13.2. The molecule has 0 amide bonds. The summed E-state index contributed by atoms with van der Waals surface area (Å²) >= 11 is 6.33. The lowest BCUT2D eigenvalue weighted by Gasteiger charge is -2.07. The maximum Gasteiger partial charge on any atom is 0.361 e. The van der Waals surface area contributed by atoms with Gasteiger partial charge in [0, 0.05) is 11.5 Å². The number of ether oxygens (including phenoxy) is 1. The van der Waals surface area contributed by atoms with Crippen molar-refractivity contribution in [3.63, 3.8) is 0 Å². The molecule has 1 aliphatic rings. The second-order valence-corrected chi connectivity index (χ2v) is 6.42. The number of aromatic nitrogens is 5. The minimum absolute atomic E-state index is 0.0823. The average Bonchev–Trinajstić information content (AvgIpc) is 3.19. The molecule has 0 N–H and O–H groups in total. The Bertz CT molecular complexity index is 1010. The fourth-order valence-electron chi connectivity index (χ4n) is 2.73. The molecule has 2 heterocycles. The van der Waals surface area contributed by atoms with E-state index in [2.05, 4.69) is 20.7 Å². The number of esters is 1. The Balaban J connectivity index is 1.74. The molecule has 3 aromatic rings. The third-order valence-corrected chi connectivity index (χ3v) is 4.49. The molecule has 0 aliphatic heterocycles. The predicted octanol–water partition coefficient (Wildman–Crippen LogP) is 2.59. The van der Waals surface area contributed by atoms with Gasteiger partial charge in [-0.25, -0.2) is 9.48 Å². The van der Waals surface area contributed by atoms with Crippen molar-refractivity contribution in [2.24, 2.45) is 0 Å². The van der Waals surface area contributed by atoms with E-state index < -0.39 is 11.8 Å². The van der Waals surface area contributed by atoms with Crippen molar-refractivity contribution in [1.82, 2.24) is 25.4 Å². The molecule has 1 aromatic carbocycles. The smallest absolute Gasteiger partial charge is 0.361 e. The SMILES string of the molecule is CCOC(=O)c1noc(C2CC2)c1C(=O)c1ccc(-n2cnnn2)cc1Cl. The number of nitrogens with zero attached hydrogens (tertiary/aromatic N) is 5. The van der Waals surface area contributed by atoms with Crippen LogP contribution >= 0.6 is 11.6 Å². The Hall–Kier alpha value is -3.07. The number of hydrogen-bond acceptors (Lipinski definition) is 8. The van der Waals surface area contributed by atoms with Crippen LogP contribution in [-0.4, -0.2) is 43.7 Å². The molecule has 1 saturated carbocycles. The number of tetrazole rings is 1. The number of halogens is 1. The van der Waals surface area contributed by atoms with Crippen LogP contribution in [0.1, 0.15) is 57.9 Å². The quantitative estimate of drug-likeness (QED) is 0.468. The number of carbonyl (C=O) groups excluding carboxylic acids is 2. The number of carbonyl (C=O) groups is 2. The predicted molar refractivity (Wildman–Crippen MR) is 92.0 cm³/mol. The van der Waals surface area contributed by atoms with Crippen molar-refractivity contribution in [2.75, 3.05) is 6.61 Å². The van der Waals surface area contributed by atoms with Gasteiger partial charge >= 0.3 is 5.97 Å². The highest BCUT2D eigenvalue weighted by atomic mass is 35.5. The van der Waals surface area contributed by atoms with Gasteiger partial charge in [-0.3, -0.25) is 4.79 Å². The van der Waals surface area contributed by atoms with Crippen molar-refractivity contribution < 1.29 is 18.8 Å². The minimum Gasteiger partial charge on any atom is -0.461 e. The molecule has 138 valence electrons. The summed E-state index contributed by atoms with van der Waals surface area (Å²) < 4.78 is 11.7. The third-order valence-electron chi connectivity index (χ3n) is 4.17. The second kappa shape index (κ2) is 6.92. The van der Waals surface area contributed by atoms with Crippen molar-refractivity contribution in [2.45, 2.75) is 25.7 Å². The molecular weight excluding hydrogens is 374 g/mol. The standard InChI is InChI=1S/C17H14ClN5O4/c1-2-26-17(25)14-13(16(27-20-14)9-3-4-9)15(24)11-6-5-10(7-12(11)18)23-8-19-21-22-23/h5-9H,2-4H2,1H3. The van der Waals surface area contributed by atoms with Crippen molar-refractivity contribution >= 4 is 23.4 Å². The fourth-order valence-corrected chi connectivity index (χ4v) is 2.99. The lowest BCUT2D eigenvalue weighted by atomic mass is 9.99. The zero-order valence-electron chi connectivity index (χ0n) is 14.3. The largest absolute Gasteiger partial charge is 0.461 e. The first-order valence-electron chi connectivity index (χ1n) is 8.34. The second-order valence-electron chi connectivity index (χ2n) is 6.01. The van der Waals surface area contributed by atoms with Gasteiger partial charge in [-0.15, -0.1) is 5.10 Å². The van der Waals surface area contributed by atoms with Gasteiger partial charge in [0.1, 0.15) is 11.9 Å². The van der Waals surface area contributed by atoms with E-state index in [0.717, 1.165) is 12.8 Å². The van der Waals surface area contributed by atoms with E-state index in [1.807, 2.05) is 0 Å². The number of rotatable bonds is 6. The van der Waals surface area contributed by atoms with E-state index in [-0.39, 0.29) is 34.4 Å². The monoisotopic (exact) mass is 387 g/mol. The number of hydrogen-bond donors (Lipinski definition) is 0. The first-order chi connectivity index (χ1) is 13.1. The third kappa shape index (κ3) is 3.21. The van der Waals surface area contributed by atoms with E-state index in [1.54, 1.807) is 25.1 Å². The van der Waals surface area contributed by atoms with Crippen molar-refractivity contribution in [3.05, 3.63) is 52.1 Å². The lowest BCUT2D eigenvalue weighted by Crippen LogP contribution is -2.13. The molecule has 0 radical (unpaired) electrons. The van der Waals surface area contributed by atoms with Gasteiger partial charge in [-0.1, -0.05) is 16.8 Å². The molecule has 1 aliphatic carbocycles. The molecule has 4 rings (SSSR count). The molecule has 2 aromatic heterocycles. The van der Waals surface area contributed by atoms with Gasteiger partial charge in [-0.2, -0.15) is 0 Å². The summed E-state index contributed by atoms with van der Waals surface area (Å²) in [6.45, 7) is 1.84. The average molecular weight is 388 g/mol. The van der Waals surface area contributed by atoms with Crippen LogP contribution < -0.4 is 0 Å². The summed E-state index contributed by atoms with van der Waals surface area (Å²) in [5, 5.41) is 14.9. The summed E-state index contributed by atoms with van der Waals surface area (Å²) in [5.41, 5.74) is 0.821. The normalized spacial score (nSPS) is 13.6. The van der Waals surface area contributed by atoms with Gasteiger partial charge in [0.05, 0.1) is 17.3 Å². The topological polar surface area (TPSA) is 113 Å². The molecule has 9 nitrogen and oxygen atoms in total. The lowest BCUT2D eigenvalue weighted by molar-refractivity contribution is 0.0512. The van der Waals surface area contributed by atoms with E-state index in [9.17, 15) is 9.59 Å². The zero-order chi connectivity index (χ0) is 19.0. The first kappa shape index (κ1) is 17.3. The van der Waals surface area contributed by atoms with Gasteiger partial charge in [-0.05, 0) is 48.4 Å². The molecule has 0 unspecified atom stereocenters. The Kier molecular flexibility index (Phi) is 4.44. The molecule has 27 heavy (non-hydrogen) atoms. The van der Waals surface area contributed by atoms with Crippen LogP contribution in [0.15, 0.2) is 29.0 Å². The summed E-state index contributed by atoms with van der Waals surface area (Å²) in [6.07, 6.45) is 3.17. The minimum atomic E-state index is -0.696. The van der Waals surface area contributed by atoms with E-state index in [1.165, 1.54) is 11.0 Å². The van der Waals surface area contributed by atoms with Crippen LogP contribution in [0.5, 0.6) is 0 Å². The maximum atomic E-state index is 13.2. The number of benzene rings is 1. The van der Waals surface area contributed by atoms with Crippen LogP contribution in [0, 0.1) is 0 Å². The van der Waals surface area contributed by atoms with Gasteiger partial charge in [0.15, 0.2) is 5.76 Å². The van der Waals surface area contributed by atoms with Crippen LogP contribution in [0.3, 0.4) is 0 Å². The van der Waals surface area contributed by atoms with E-state index in [0.29, 0.717) is 11.4 Å². The summed E-state index contributed by atoms with van der Waals surface area (Å²) in [5.74, 6) is -0.644. The van der Waals surface area contributed by atoms with E-state index >= 15 is 0 Å². The molecule has 0 bridgehead atoms. The first-order valence-corrected chi connectivity index (χ1v) is 8.72. The molecule has 0 spiro atoms. The van der Waals surface area contributed by atoms with Crippen molar-refractivity contribution in [3.8, 4) is 5.69 Å². The van der Waals surface area contributed by atoms with Crippen LogP contribution in [0.25, 0.3) is 5.69 Å². The highest BCUT2D eigenvalue weighted by Crippen LogP contribution is 2.43. The Morgan fingerprint density at radius 1 is 1.37 bits per heavy atom. The summed E-state index contributed by atoms with van der Waals surface area (Å²) in [4.78, 5) is 25.4. The Morgan fingerprint density at radius 3 is 2.81 bits per heavy atom. The molecule has 1 fully saturated rings. The van der Waals surface area contributed by atoms with Gasteiger partial charge in [0.2, 0.25) is 11.5 Å². The Labute approximate surface area is 158 Å².